The number of nitro benzene ring substituents is 1. The van der Waals surface area contributed by atoms with Crippen LogP contribution in [-0.4, -0.2) is 30.0 Å². The van der Waals surface area contributed by atoms with E-state index in [4.69, 9.17) is 0 Å². The summed E-state index contributed by atoms with van der Waals surface area (Å²) < 4.78 is 13.1. The van der Waals surface area contributed by atoms with Gasteiger partial charge in [0.25, 0.3) is 11.6 Å². The van der Waals surface area contributed by atoms with Gasteiger partial charge in [-0.25, -0.2) is 4.39 Å². The molecule has 2 atom stereocenters. The van der Waals surface area contributed by atoms with Crippen molar-refractivity contribution in [2.45, 2.75) is 6.04 Å². The molecule has 6 nitrogen and oxygen atoms in total. The summed E-state index contributed by atoms with van der Waals surface area (Å²) in [6.07, 6.45) is 0. The lowest BCUT2D eigenvalue weighted by atomic mass is 10.1. The molecule has 1 aliphatic heterocycles. The van der Waals surface area contributed by atoms with Gasteiger partial charge in [0.15, 0.2) is 0 Å². The first-order chi connectivity index (χ1) is 9.08. The van der Waals surface area contributed by atoms with Gasteiger partial charge in [0.05, 0.1) is 4.92 Å². The third-order valence-electron chi connectivity index (χ3n) is 3.79. The number of nitrogens with one attached hydrogen (secondary N) is 2. The number of halogens is 1. The molecule has 0 spiro atoms. The number of nitro groups is 1. The SMILES string of the molecule is O=C(NC1C2CNCC21)c1cc(F)ccc1[N+](=O)[O-]. The quantitative estimate of drug-likeness (QED) is 0.622. The van der Waals surface area contributed by atoms with Crippen molar-refractivity contribution < 1.29 is 14.1 Å². The first kappa shape index (κ1) is 12.0. The van der Waals surface area contributed by atoms with E-state index in [1.807, 2.05) is 0 Å². The molecule has 1 saturated carbocycles. The summed E-state index contributed by atoms with van der Waals surface area (Å²) in [6.45, 7) is 1.70. The Hall–Kier alpha value is -2.02. The highest BCUT2D eigenvalue weighted by Crippen LogP contribution is 2.41. The van der Waals surface area contributed by atoms with E-state index in [9.17, 15) is 19.3 Å². The summed E-state index contributed by atoms with van der Waals surface area (Å²) in [6, 6.07) is 2.95. The number of carbonyl (C=O) groups excluding carboxylic acids is 1. The number of fused-ring (bicyclic) bond motifs is 1. The zero-order valence-electron chi connectivity index (χ0n) is 9.93. The smallest absolute Gasteiger partial charge is 0.282 e. The highest BCUT2D eigenvalue weighted by Gasteiger charge is 2.53. The minimum absolute atomic E-state index is 0.0524. The molecular weight excluding hydrogens is 253 g/mol. The predicted octanol–water partition coefficient (Wildman–Crippen LogP) is 0.682. The fourth-order valence-corrected chi connectivity index (χ4v) is 2.71. The minimum atomic E-state index is -0.677. The van der Waals surface area contributed by atoms with Crippen LogP contribution in [0.25, 0.3) is 0 Å². The highest BCUT2D eigenvalue weighted by atomic mass is 19.1. The van der Waals surface area contributed by atoms with Crippen molar-refractivity contribution in [3.8, 4) is 0 Å². The van der Waals surface area contributed by atoms with Crippen molar-refractivity contribution >= 4 is 11.6 Å². The van der Waals surface area contributed by atoms with E-state index in [0.717, 1.165) is 31.3 Å². The van der Waals surface area contributed by atoms with E-state index in [2.05, 4.69) is 10.6 Å². The van der Waals surface area contributed by atoms with Crippen LogP contribution in [0.1, 0.15) is 10.4 Å². The Morgan fingerprint density at radius 3 is 2.74 bits per heavy atom. The third kappa shape index (κ3) is 2.06. The van der Waals surface area contributed by atoms with Gasteiger partial charge >= 0.3 is 0 Å². The van der Waals surface area contributed by atoms with Gasteiger partial charge in [-0.3, -0.25) is 14.9 Å². The van der Waals surface area contributed by atoms with Crippen LogP contribution < -0.4 is 10.6 Å². The van der Waals surface area contributed by atoms with Crippen molar-refractivity contribution in [3.63, 3.8) is 0 Å². The van der Waals surface area contributed by atoms with Crippen LogP contribution in [0.4, 0.5) is 10.1 Å². The summed E-state index contributed by atoms with van der Waals surface area (Å²) in [5.74, 6) is -0.438. The molecule has 1 aromatic carbocycles. The van der Waals surface area contributed by atoms with E-state index >= 15 is 0 Å². The van der Waals surface area contributed by atoms with Gasteiger partial charge in [-0.15, -0.1) is 0 Å². The lowest BCUT2D eigenvalue weighted by molar-refractivity contribution is -0.385. The van der Waals surface area contributed by atoms with Gasteiger partial charge in [0, 0.05) is 25.2 Å². The zero-order chi connectivity index (χ0) is 13.6. The largest absolute Gasteiger partial charge is 0.348 e. The molecule has 2 aliphatic rings. The molecular formula is C12H12FN3O3. The van der Waals surface area contributed by atoms with Gasteiger partial charge in [-0.1, -0.05) is 0 Å². The molecule has 1 heterocycles. The zero-order valence-corrected chi connectivity index (χ0v) is 9.93. The molecule has 2 N–H and O–H groups in total. The number of rotatable bonds is 3. The molecule has 0 bridgehead atoms. The van der Waals surface area contributed by atoms with E-state index < -0.39 is 16.6 Å². The summed E-state index contributed by atoms with van der Waals surface area (Å²) in [7, 11) is 0. The maximum absolute atomic E-state index is 13.1. The number of benzene rings is 1. The van der Waals surface area contributed by atoms with Gasteiger partial charge in [0.1, 0.15) is 11.4 Å². The molecule has 0 radical (unpaired) electrons. The molecule has 7 heteroatoms. The molecule has 1 amide bonds. The van der Waals surface area contributed by atoms with Crippen molar-refractivity contribution in [1.82, 2.24) is 10.6 Å². The number of nitrogens with zero attached hydrogens (tertiary/aromatic N) is 1. The van der Waals surface area contributed by atoms with E-state index in [-0.39, 0.29) is 17.3 Å². The highest BCUT2D eigenvalue weighted by molar-refractivity contribution is 5.98. The first-order valence-electron chi connectivity index (χ1n) is 6.03. The minimum Gasteiger partial charge on any atom is -0.348 e. The standard InChI is InChI=1S/C12H12FN3O3/c13-6-1-2-10(16(18)19)7(3-6)12(17)15-11-8-4-14-5-9(8)11/h1-3,8-9,11,14H,4-5H2,(H,15,17). The number of amides is 1. The van der Waals surface area contributed by atoms with Crippen LogP contribution in [0, 0.1) is 27.8 Å². The fourth-order valence-electron chi connectivity index (χ4n) is 2.71. The van der Waals surface area contributed by atoms with Gasteiger partial charge in [-0.05, 0) is 24.0 Å². The molecule has 2 unspecified atom stereocenters. The van der Waals surface area contributed by atoms with Crippen LogP contribution in [-0.2, 0) is 0 Å². The monoisotopic (exact) mass is 265 g/mol. The van der Waals surface area contributed by atoms with Crippen molar-refractivity contribution in [1.29, 1.82) is 0 Å². The van der Waals surface area contributed by atoms with E-state index in [1.165, 1.54) is 0 Å². The van der Waals surface area contributed by atoms with E-state index in [1.54, 1.807) is 0 Å². The Kier molecular flexibility index (Phi) is 2.70. The Bertz CT molecular complexity index is 553. The molecule has 1 aliphatic carbocycles. The van der Waals surface area contributed by atoms with Crippen molar-refractivity contribution in [3.05, 3.63) is 39.7 Å². The Morgan fingerprint density at radius 2 is 2.11 bits per heavy atom. The van der Waals surface area contributed by atoms with Crippen LogP contribution in [0.3, 0.4) is 0 Å². The van der Waals surface area contributed by atoms with Crippen LogP contribution in [0.2, 0.25) is 0 Å². The Morgan fingerprint density at radius 1 is 1.42 bits per heavy atom. The topological polar surface area (TPSA) is 84.3 Å². The van der Waals surface area contributed by atoms with E-state index in [0.29, 0.717) is 11.8 Å². The molecule has 2 fully saturated rings. The summed E-state index contributed by atoms with van der Waals surface area (Å²) in [4.78, 5) is 22.2. The second-order valence-electron chi connectivity index (χ2n) is 4.90. The number of hydrogen-bond donors (Lipinski definition) is 2. The molecule has 1 saturated heterocycles. The molecule has 100 valence electrons. The van der Waals surface area contributed by atoms with Gasteiger partial charge in [0.2, 0.25) is 0 Å². The number of hydrogen-bond acceptors (Lipinski definition) is 4. The molecule has 1 aromatic rings. The summed E-state index contributed by atoms with van der Waals surface area (Å²) >= 11 is 0. The Labute approximate surface area is 108 Å². The maximum atomic E-state index is 13.1. The average Bonchev–Trinajstić information content (AvgIpc) is 2.82. The molecule has 0 aromatic heterocycles. The molecule has 3 rings (SSSR count). The average molecular weight is 265 g/mol. The normalized spacial score (nSPS) is 27.7. The first-order valence-corrected chi connectivity index (χ1v) is 6.03. The van der Waals surface area contributed by atoms with Crippen LogP contribution in [0.15, 0.2) is 18.2 Å². The van der Waals surface area contributed by atoms with Gasteiger partial charge in [-0.2, -0.15) is 0 Å². The van der Waals surface area contributed by atoms with Crippen molar-refractivity contribution in [2.75, 3.05) is 13.1 Å². The van der Waals surface area contributed by atoms with Gasteiger partial charge < -0.3 is 10.6 Å². The maximum Gasteiger partial charge on any atom is 0.282 e. The lowest BCUT2D eigenvalue weighted by Crippen LogP contribution is -2.32. The number of carbonyl (C=O) groups is 1. The Balaban J connectivity index is 1.79. The second-order valence-corrected chi connectivity index (χ2v) is 4.90. The van der Waals surface area contributed by atoms with Crippen LogP contribution >= 0.6 is 0 Å². The number of piperidine rings is 1. The lowest BCUT2D eigenvalue weighted by Gasteiger charge is -2.08. The third-order valence-corrected chi connectivity index (χ3v) is 3.79. The summed E-state index contributed by atoms with van der Waals surface area (Å²) in [5.41, 5.74) is -0.592. The predicted molar refractivity (Wildman–Crippen MR) is 64.2 cm³/mol. The fraction of sp³-hybridized carbons (Fsp3) is 0.417. The van der Waals surface area contributed by atoms with Crippen molar-refractivity contribution in [2.24, 2.45) is 11.8 Å². The summed E-state index contributed by atoms with van der Waals surface area (Å²) in [5, 5.41) is 16.8. The molecule has 19 heavy (non-hydrogen) atoms. The second kappa shape index (κ2) is 4.27. The van der Waals surface area contributed by atoms with Crippen LogP contribution in [0.5, 0.6) is 0 Å².